The molecule has 0 amide bonds. The number of nitrogens with one attached hydrogen (secondary N) is 2. The molecule has 6 nitrogen and oxygen atoms in total. The van der Waals surface area contributed by atoms with E-state index in [1.807, 2.05) is 12.1 Å². The molecule has 0 aromatic carbocycles. The molecule has 2 aromatic heterocycles. The van der Waals surface area contributed by atoms with Crippen LogP contribution in [0.1, 0.15) is 57.6 Å². The smallest absolute Gasteiger partial charge is 0.257 e. The molecule has 2 atom stereocenters. The Bertz CT molecular complexity index is 1040. The fraction of sp³-hybridized carbons (Fsp3) is 0.478. The number of ketones is 1. The van der Waals surface area contributed by atoms with Crippen LogP contribution in [0, 0.1) is 17.3 Å². The lowest BCUT2D eigenvalue weighted by Gasteiger charge is -2.40. The molecule has 158 valence electrons. The molecular formula is C23H28N4O2S. The fourth-order valence-corrected chi connectivity index (χ4v) is 5.40. The summed E-state index contributed by atoms with van der Waals surface area (Å²) in [5.74, 6) is 1.36. The Balaban J connectivity index is 1.82. The highest BCUT2D eigenvalue weighted by Crippen LogP contribution is 2.47. The van der Waals surface area contributed by atoms with Gasteiger partial charge in [-0.1, -0.05) is 51.6 Å². The highest BCUT2D eigenvalue weighted by atomic mass is 32.2. The van der Waals surface area contributed by atoms with Gasteiger partial charge in [0.05, 0.1) is 11.5 Å². The maximum absolute atomic E-state index is 13.2. The van der Waals surface area contributed by atoms with E-state index in [1.54, 1.807) is 24.2 Å². The maximum Gasteiger partial charge on any atom is 0.257 e. The van der Waals surface area contributed by atoms with Crippen molar-refractivity contribution in [1.29, 1.82) is 0 Å². The molecule has 30 heavy (non-hydrogen) atoms. The summed E-state index contributed by atoms with van der Waals surface area (Å²) in [6, 6.07) is 3.78. The number of allylic oxidation sites excluding steroid dienone is 2. The second-order valence-electron chi connectivity index (χ2n) is 9.26. The number of nitrogens with zero attached hydrogens (tertiary/aromatic N) is 2. The van der Waals surface area contributed by atoms with E-state index >= 15 is 0 Å². The number of aromatic nitrogens is 3. The van der Waals surface area contributed by atoms with Crippen molar-refractivity contribution in [1.82, 2.24) is 15.0 Å². The van der Waals surface area contributed by atoms with E-state index in [9.17, 15) is 9.59 Å². The van der Waals surface area contributed by atoms with E-state index in [-0.39, 0.29) is 16.8 Å². The first-order valence-electron chi connectivity index (χ1n) is 10.4. The van der Waals surface area contributed by atoms with E-state index in [0.29, 0.717) is 28.9 Å². The van der Waals surface area contributed by atoms with Gasteiger partial charge >= 0.3 is 0 Å². The van der Waals surface area contributed by atoms with Crippen LogP contribution in [0.15, 0.2) is 46.3 Å². The highest BCUT2D eigenvalue weighted by molar-refractivity contribution is 7.99. The van der Waals surface area contributed by atoms with Crippen LogP contribution in [0.3, 0.4) is 0 Å². The zero-order valence-electron chi connectivity index (χ0n) is 17.9. The van der Waals surface area contributed by atoms with Gasteiger partial charge in [-0.15, -0.1) is 0 Å². The van der Waals surface area contributed by atoms with Crippen LogP contribution in [-0.4, -0.2) is 26.5 Å². The first kappa shape index (κ1) is 20.8. The van der Waals surface area contributed by atoms with Gasteiger partial charge in [-0.2, -0.15) is 0 Å². The molecule has 1 aliphatic heterocycles. The topological polar surface area (TPSA) is 87.7 Å². The van der Waals surface area contributed by atoms with Gasteiger partial charge < -0.3 is 10.3 Å². The minimum atomic E-state index is -0.419. The summed E-state index contributed by atoms with van der Waals surface area (Å²) in [5, 5.41) is 3.95. The number of hydrogen-bond donors (Lipinski definition) is 2. The Labute approximate surface area is 181 Å². The SMILES string of the molecule is CC(C)CCSc1nc2c(c(=O)[nH]1)[C@H](c1cccnc1)[C@H]1C(=O)CC(C)(C)C=C1N2. The molecule has 1 aliphatic carbocycles. The zero-order chi connectivity index (χ0) is 21.5. The summed E-state index contributed by atoms with van der Waals surface area (Å²) in [6.45, 7) is 8.47. The molecule has 7 heteroatoms. The molecule has 4 rings (SSSR count). The Morgan fingerprint density at radius 3 is 2.77 bits per heavy atom. The van der Waals surface area contributed by atoms with E-state index in [1.165, 1.54) is 0 Å². The number of carbonyl (C=O) groups excluding carboxylic acids is 1. The summed E-state index contributed by atoms with van der Waals surface area (Å²) >= 11 is 1.56. The maximum atomic E-state index is 13.2. The first-order valence-corrected chi connectivity index (χ1v) is 11.4. The van der Waals surface area contributed by atoms with Gasteiger partial charge in [-0.25, -0.2) is 4.98 Å². The molecule has 2 aliphatic rings. The normalized spacial score (nSPS) is 22.2. The third kappa shape index (κ3) is 4.08. The van der Waals surface area contributed by atoms with Crippen LogP contribution >= 0.6 is 11.8 Å². The minimum Gasteiger partial charge on any atom is -0.343 e. The second kappa shape index (κ2) is 8.02. The standard InChI is InChI=1S/C23H28N4O2S/c1-13(2)7-9-30-22-26-20-19(21(29)27-22)17(14-6-5-8-24-12-14)18-15(25-20)10-23(3,4)11-16(18)28/h5-6,8,10,12-13,17-18H,7,9,11H2,1-4H3,(H2,25,26,27,29)/t17-,18-/m1/s1. The number of hydrogen-bond acceptors (Lipinski definition) is 6. The average molecular weight is 425 g/mol. The van der Waals surface area contributed by atoms with Gasteiger partial charge in [0.2, 0.25) is 0 Å². The summed E-state index contributed by atoms with van der Waals surface area (Å²) < 4.78 is 0. The van der Waals surface area contributed by atoms with E-state index < -0.39 is 11.8 Å². The van der Waals surface area contributed by atoms with Crippen molar-refractivity contribution >= 4 is 23.4 Å². The van der Waals surface area contributed by atoms with Gasteiger partial charge in [0.1, 0.15) is 11.6 Å². The minimum absolute atomic E-state index is 0.138. The lowest BCUT2D eigenvalue weighted by atomic mass is 9.67. The second-order valence-corrected chi connectivity index (χ2v) is 10.3. The summed E-state index contributed by atoms with van der Waals surface area (Å²) in [4.78, 5) is 38.3. The number of fused-ring (bicyclic) bond motifs is 2. The number of rotatable bonds is 5. The van der Waals surface area contributed by atoms with Gasteiger partial charge in [-0.3, -0.25) is 14.6 Å². The molecule has 0 unspecified atom stereocenters. The molecule has 0 radical (unpaired) electrons. The molecule has 0 saturated heterocycles. The third-order valence-corrected chi connectivity index (χ3v) is 6.58. The number of aromatic amines is 1. The van der Waals surface area contributed by atoms with Crippen LogP contribution in [-0.2, 0) is 4.79 Å². The predicted octanol–water partition coefficient (Wildman–Crippen LogP) is 4.36. The van der Waals surface area contributed by atoms with Crippen LogP contribution in [0.2, 0.25) is 0 Å². The number of thioether (sulfide) groups is 1. The Kier molecular flexibility index (Phi) is 5.57. The van der Waals surface area contributed by atoms with Crippen molar-refractivity contribution in [2.24, 2.45) is 17.3 Å². The molecular weight excluding hydrogens is 396 g/mol. The monoisotopic (exact) mass is 424 g/mol. The summed E-state index contributed by atoms with van der Waals surface area (Å²) in [5.41, 5.74) is 1.80. The molecule has 2 aromatic rings. The van der Waals surface area contributed by atoms with Crippen molar-refractivity contribution in [2.75, 3.05) is 11.1 Å². The van der Waals surface area contributed by atoms with Crippen LogP contribution in [0.4, 0.5) is 5.82 Å². The van der Waals surface area contributed by atoms with Crippen molar-refractivity contribution in [3.8, 4) is 0 Å². The van der Waals surface area contributed by atoms with E-state index in [0.717, 1.165) is 23.4 Å². The Morgan fingerprint density at radius 2 is 2.07 bits per heavy atom. The van der Waals surface area contributed by atoms with Crippen molar-refractivity contribution in [2.45, 2.75) is 51.6 Å². The number of Topliss-reactive ketones (excluding diaryl/α,β-unsaturated/α-hetero) is 1. The fourth-order valence-electron chi connectivity index (χ4n) is 4.30. The third-order valence-electron chi connectivity index (χ3n) is 5.68. The molecule has 0 saturated carbocycles. The molecule has 0 spiro atoms. The van der Waals surface area contributed by atoms with Gasteiger partial charge in [0.25, 0.3) is 5.56 Å². The largest absolute Gasteiger partial charge is 0.343 e. The van der Waals surface area contributed by atoms with Gasteiger partial charge in [0.15, 0.2) is 5.16 Å². The molecule has 3 heterocycles. The number of carbonyl (C=O) groups is 1. The van der Waals surface area contributed by atoms with Crippen molar-refractivity contribution in [3.63, 3.8) is 0 Å². The Morgan fingerprint density at radius 1 is 1.27 bits per heavy atom. The van der Waals surface area contributed by atoms with E-state index in [2.05, 4.69) is 49.1 Å². The quantitative estimate of drug-likeness (QED) is 0.548. The van der Waals surface area contributed by atoms with Gasteiger partial charge in [-0.05, 0) is 29.4 Å². The number of anilines is 1. The van der Waals surface area contributed by atoms with Crippen molar-refractivity contribution in [3.05, 3.63) is 57.8 Å². The van der Waals surface area contributed by atoms with Crippen LogP contribution in [0.25, 0.3) is 0 Å². The van der Waals surface area contributed by atoms with Crippen LogP contribution in [0.5, 0.6) is 0 Å². The van der Waals surface area contributed by atoms with Crippen molar-refractivity contribution < 1.29 is 4.79 Å². The number of pyridine rings is 1. The van der Waals surface area contributed by atoms with E-state index in [4.69, 9.17) is 4.98 Å². The predicted molar refractivity (Wildman–Crippen MR) is 120 cm³/mol. The lowest BCUT2D eigenvalue weighted by Crippen LogP contribution is -2.41. The molecule has 2 N–H and O–H groups in total. The zero-order valence-corrected chi connectivity index (χ0v) is 18.7. The molecule has 0 bridgehead atoms. The van der Waals surface area contributed by atoms with Gasteiger partial charge in [0, 0.05) is 36.2 Å². The highest BCUT2D eigenvalue weighted by Gasteiger charge is 2.45. The number of H-pyrrole nitrogens is 1. The summed E-state index contributed by atoms with van der Waals surface area (Å²) in [6.07, 6.45) is 7.07. The average Bonchev–Trinajstić information content (AvgIpc) is 2.65. The first-order chi connectivity index (χ1) is 14.2. The lowest BCUT2D eigenvalue weighted by molar-refractivity contribution is -0.124. The summed E-state index contributed by atoms with van der Waals surface area (Å²) in [7, 11) is 0. The Hall–Kier alpha value is -2.41. The molecule has 0 fully saturated rings. The van der Waals surface area contributed by atoms with Crippen LogP contribution < -0.4 is 10.9 Å².